The standard InChI is InChI=1S/C15H18F2N4O4/c1-9(20-21-15(24)14(23)18-5-6-25-2)7-13(22)19-12-4-3-10(16)8-11(12)17/h3-4,8H,5-7H2,1-2H3,(H,18,23)(H,19,22)(H,21,24)/b20-9-. The SMILES string of the molecule is COCCNC(=O)C(=O)N/N=C(/C)CC(=O)Nc1ccc(F)cc1F. The highest BCUT2D eigenvalue weighted by atomic mass is 19.1. The molecule has 0 aliphatic heterocycles. The number of methoxy groups -OCH3 is 1. The van der Waals surface area contributed by atoms with Crippen LogP contribution in [0.1, 0.15) is 13.3 Å². The molecule has 1 aromatic rings. The topological polar surface area (TPSA) is 109 Å². The van der Waals surface area contributed by atoms with Crippen molar-refractivity contribution in [3.63, 3.8) is 0 Å². The van der Waals surface area contributed by atoms with E-state index in [-0.39, 0.29) is 31.0 Å². The fourth-order valence-electron chi connectivity index (χ4n) is 1.60. The summed E-state index contributed by atoms with van der Waals surface area (Å²) in [5.74, 6) is -4.19. The van der Waals surface area contributed by atoms with Crippen LogP contribution in [0.5, 0.6) is 0 Å². The molecule has 0 fully saturated rings. The van der Waals surface area contributed by atoms with Gasteiger partial charge >= 0.3 is 11.8 Å². The van der Waals surface area contributed by atoms with Crippen LogP contribution in [0.2, 0.25) is 0 Å². The number of rotatable bonds is 7. The summed E-state index contributed by atoms with van der Waals surface area (Å²) in [4.78, 5) is 34.6. The lowest BCUT2D eigenvalue weighted by Crippen LogP contribution is -2.39. The van der Waals surface area contributed by atoms with Gasteiger partial charge in [-0.2, -0.15) is 5.10 Å². The molecule has 0 unspecified atom stereocenters. The van der Waals surface area contributed by atoms with E-state index in [1.807, 2.05) is 5.43 Å². The number of anilines is 1. The number of ether oxygens (including phenoxy) is 1. The highest BCUT2D eigenvalue weighted by Crippen LogP contribution is 2.15. The maximum atomic E-state index is 13.4. The monoisotopic (exact) mass is 356 g/mol. The first-order valence-electron chi connectivity index (χ1n) is 7.18. The summed E-state index contributed by atoms with van der Waals surface area (Å²) in [5.41, 5.74) is 1.99. The number of hydrogen-bond donors (Lipinski definition) is 3. The highest BCUT2D eigenvalue weighted by Gasteiger charge is 2.13. The molecule has 1 rings (SSSR count). The fourth-order valence-corrected chi connectivity index (χ4v) is 1.60. The van der Waals surface area contributed by atoms with E-state index in [1.165, 1.54) is 14.0 Å². The Morgan fingerprint density at radius 2 is 1.92 bits per heavy atom. The maximum absolute atomic E-state index is 13.4. The van der Waals surface area contributed by atoms with Gasteiger partial charge in [-0.1, -0.05) is 0 Å². The number of nitrogens with one attached hydrogen (secondary N) is 3. The van der Waals surface area contributed by atoms with E-state index in [9.17, 15) is 23.2 Å². The average Bonchev–Trinajstić information content (AvgIpc) is 2.55. The lowest BCUT2D eigenvalue weighted by Gasteiger charge is -2.07. The largest absolute Gasteiger partial charge is 0.383 e. The van der Waals surface area contributed by atoms with Crippen molar-refractivity contribution in [1.82, 2.24) is 10.7 Å². The van der Waals surface area contributed by atoms with E-state index >= 15 is 0 Å². The zero-order valence-electron chi connectivity index (χ0n) is 13.7. The van der Waals surface area contributed by atoms with Crippen molar-refractivity contribution in [2.24, 2.45) is 5.10 Å². The Morgan fingerprint density at radius 1 is 1.20 bits per heavy atom. The van der Waals surface area contributed by atoms with Crippen molar-refractivity contribution in [3.8, 4) is 0 Å². The molecule has 0 aliphatic carbocycles. The van der Waals surface area contributed by atoms with Gasteiger partial charge in [0.05, 0.1) is 18.7 Å². The van der Waals surface area contributed by atoms with Gasteiger partial charge in [-0.25, -0.2) is 14.2 Å². The predicted molar refractivity (Wildman–Crippen MR) is 85.7 cm³/mol. The highest BCUT2D eigenvalue weighted by molar-refractivity contribution is 6.35. The van der Waals surface area contributed by atoms with Gasteiger partial charge in [0.2, 0.25) is 5.91 Å². The fraction of sp³-hybridized carbons (Fsp3) is 0.333. The molecule has 0 bridgehead atoms. The minimum absolute atomic E-state index is 0.164. The summed E-state index contributed by atoms with van der Waals surface area (Å²) in [6.07, 6.45) is -0.262. The second kappa shape index (κ2) is 10.1. The van der Waals surface area contributed by atoms with Crippen molar-refractivity contribution in [1.29, 1.82) is 0 Å². The lowest BCUT2D eigenvalue weighted by molar-refractivity contribution is -0.139. The third-order valence-electron chi connectivity index (χ3n) is 2.77. The number of carbonyl (C=O) groups is 3. The van der Waals surface area contributed by atoms with Gasteiger partial charge in [0.25, 0.3) is 0 Å². The van der Waals surface area contributed by atoms with E-state index in [4.69, 9.17) is 4.74 Å². The molecule has 0 atom stereocenters. The van der Waals surface area contributed by atoms with Crippen LogP contribution in [0.25, 0.3) is 0 Å². The molecule has 0 radical (unpaired) electrons. The number of nitrogens with zero attached hydrogens (tertiary/aromatic N) is 1. The number of carbonyl (C=O) groups excluding carboxylic acids is 3. The Morgan fingerprint density at radius 3 is 2.56 bits per heavy atom. The minimum Gasteiger partial charge on any atom is -0.383 e. The molecule has 0 spiro atoms. The minimum atomic E-state index is -1.000. The zero-order chi connectivity index (χ0) is 18.8. The van der Waals surface area contributed by atoms with Gasteiger partial charge in [-0.15, -0.1) is 0 Å². The van der Waals surface area contributed by atoms with Crippen LogP contribution in [-0.4, -0.2) is 43.7 Å². The summed E-state index contributed by atoms with van der Waals surface area (Å²) in [5, 5.41) is 8.14. The Kier molecular flexibility index (Phi) is 8.13. The number of benzene rings is 1. The van der Waals surface area contributed by atoms with Crippen molar-refractivity contribution >= 4 is 29.1 Å². The van der Waals surface area contributed by atoms with Gasteiger partial charge in [0, 0.05) is 25.4 Å². The second-order valence-electron chi connectivity index (χ2n) is 4.89. The van der Waals surface area contributed by atoms with Crippen LogP contribution >= 0.6 is 0 Å². The van der Waals surface area contributed by atoms with E-state index in [2.05, 4.69) is 15.7 Å². The van der Waals surface area contributed by atoms with Gasteiger partial charge in [-0.3, -0.25) is 14.4 Å². The molecule has 1 aromatic carbocycles. The predicted octanol–water partition coefficient (Wildman–Crippen LogP) is 0.548. The maximum Gasteiger partial charge on any atom is 0.329 e. The normalized spacial score (nSPS) is 11.0. The van der Waals surface area contributed by atoms with E-state index in [1.54, 1.807) is 0 Å². The Bertz CT molecular complexity index is 679. The molecular weight excluding hydrogens is 338 g/mol. The summed E-state index contributed by atoms with van der Waals surface area (Å²) < 4.78 is 30.9. The number of hydrazone groups is 1. The molecule has 8 nitrogen and oxygen atoms in total. The van der Waals surface area contributed by atoms with Crippen molar-refractivity contribution in [3.05, 3.63) is 29.8 Å². The first-order chi connectivity index (χ1) is 11.8. The molecule has 136 valence electrons. The Balaban J connectivity index is 2.47. The Labute approximate surface area is 142 Å². The second-order valence-corrected chi connectivity index (χ2v) is 4.89. The molecule has 0 heterocycles. The van der Waals surface area contributed by atoms with Crippen LogP contribution < -0.4 is 16.1 Å². The van der Waals surface area contributed by atoms with Gasteiger partial charge in [0.15, 0.2) is 0 Å². The third kappa shape index (κ3) is 7.48. The van der Waals surface area contributed by atoms with Crippen LogP contribution in [-0.2, 0) is 19.1 Å². The lowest BCUT2D eigenvalue weighted by atomic mass is 10.2. The number of amides is 3. The molecule has 0 aromatic heterocycles. The average molecular weight is 356 g/mol. The first kappa shape index (κ1) is 20.2. The molecule has 0 saturated carbocycles. The summed E-state index contributed by atoms with van der Waals surface area (Å²) in [7, 11) is 1.45. The van der Waals surface area contributed by atoms with Gasteiger partial charge in [0.1, 0.15) is 11.6 Å². The van der Waals surface area contributed by atoms with E-state index < -0.39 is 29.4 Å². The summed E-state index contributed by atoms with van der Waals surface area (Å²) >= 11 is 0. The van der Waals surface area contributed by atoms with E-state index in [0.717, 1.165) is 12.1 Å². The molecule has 0 aliphatic rings. The van der Waals surface area contributed by atoms with Crippen molar-refractivity contribution in [2.45, 2.75) is 13.3 Å². The number of hydrogen-bond acceptors (Lipinski definition) is 5. The molecular formula is C15H18F2N4O4. The van der Waals surface area contributed by atoms with Crippen molar-refractivity contribution < 1.29 is 27.9 Å². The molecule has 0 saturated heterocycles. The van der Waals surface area contributed by atoms with E-state index in [0.29, 0.717) is 6.07 Å². The zero-order valence-corrected chi connectivity index (χ0v) is 13.7. The first-order valence-corrected chi connectivity index (χ1v) is 7.18. The van der Waals surface area contributed by atoms with Gasteiger partial charge < -0.3 is 15.4 Å². The van der Waals surface area contributed by atoms with Crippen LogP contribution in [0.4, 0.5) is 14.5 Å². The molecule has 3 N–H and O–H groups in total. The quantitative estimate of drug-likeness (QED) is 0.287. The smallest absolute Gasteiger partial charge is 0.329 e. The molecule has 3 amide bonds. The van der Waals surface area contributed by atoms with Crippen molar-refractivity contribution in [2.75, 3.05) is 25.6 Å². The third-order valence-corrected chi connectivity index (χ3v) is 2.77. The molecule has 25 heavy (non-hydrogen) atoms. The number of halogens is 2. The van der Waals surface area contributed by atoms with Crippen LogP contribution in [0, 0.1) is 11.6 Å². The van der Waals surface area contributed by atoms with Crippen LogP contribution in [0.15, 0.2) is 23.3 Å². The van der Waals surface area contributed by atoms with Gasteiger partial charge in [-0.05, 0) is 19.1 Å². The summed E-state index contributed by atoms with van der Waals surface area (Å²) in [6.45, 7) is 1.85. The van der Waals surface area contributed by atoms with Crippen LogP contribution in [0.3, 0.4) is 0 Å². The molecule has 10 heteroatoms. The Hall–Kier alpha value is -2.88. The summed E-state index contributed by atoms with van der Waals surface area (Å²) in [6, 6.07) is 2.72.